The Bertz CT molecular complexity index is 332. The van der Waals surface area contributed by atoms with Gasteiger partial charge < -0.3 is 9.47 Å². The number of carbonyl (C=O) groups excluding carboxylic acids is 1. The molecule has 1 aromatic carbocycles. The highest BCUT2D eigenvalue weighted by Gasteiger charge is 1.94. The van der Waals surface area contributed by atoms with Crippen LogP contribution in [0.15, 0.2) is 18.2 Å². The first kappa shape index (κ1) is 14.5. The number of carbonyl (C=O) groups is 1. The summed E-state index contributed by atoms with van der Waals surface area (Å²) in [5.41, 5.74) is 2.47. The van der Waals surface area contributed by atoms with Crippen LogP contribution in [0.3, 0.4) is 0 Å². The summed E-state index contributed by atoms with van der Waals surface area (Å²) in [7, 11) is 1.69. The fraction of sp³-hybridized carbons (Fsp3) is 0.462. The third-order valence-corrected chi connectivity index (χ3v) is 1.90. The van der Waals surface area contributed by atoms with Gasteiger partial charge in [-0.2, -0.15) is 0 Å². The van der Waals surface area contributed by atoms with Crippen LogP contribution in [-0.2, 0) is 9.53 Å². The summed E-state index contributed by atoms with van der Waals surface area (Å²) < 4.78 is 9.50. The number of rotatable bonds is 2. The van der Waals surface area contributed by atoms with E-state index < -0.39 is 0 Å². The van der Waals surface area contributed by atoms with Crippen LogP contribution in [0.1, 0.15) is 25.0 Å². The molecular formula is C13H20O3. The van der Waals surface area contributed by atoms with Gasteiger partial charge in [0.1, 0.15) is 5.75 Å². The van der Waals surface area contributed by atoms with Crippen LogP contribution in [-0.4, -0.2) is 19.7 Å². The fourth-order valence-corrected chi connectivity index (χ4v) is 1.23. The SMILES string of the molecule is CCOC(C)=O.COc1ccc(C)cc1C. The molecule has 0 atom stereocenters. The molecule has 0 fully saturated rings. The first-order valence-corrected chi connectivity index (χ1v) is 5.25. The quantitative estimate of drug-likeness (QED) is 0.725. The van der Waals surface area contributed by atoms with E-state index in [4.69, 9.17) is 4.74 Å². The van der Waals surface area contributed by atoms with Crippen LogP contribution in [0.25, 0.3) is 0 Å². The summed E-state index contributed by atoms with van der Waals surface area (Å²) in [5.74, 6) is 0.753. The molecule has 0 aliphatic carbocycles. The van der Waals surface area contributed by atoms with Gasteiger partial charge in [-0.3, -0.25) is 4.79 Å². The molecule has 0 saturated heterocycles. The predicted octanol–water partition coefficient (Wildman–Crippen LogP) is 2.88. The molecular weight excluding hydrogens is 204 g/mol. The lowest BCUT2D eigenvalue weighted by Gasteiger charge is -2.03. The van der Waals surface area contributed by atoms with E-state index in [0.29, 0.717) is 6.61 Å². The van der Waals surface area contributed by atoms with E-state index in [-0.39, 0.29) is 5.97 Å². The van der Waals surface area contributed by atoms with Gasteiger partial charge in [0.2, 0.25) is 0 Å². The summed E-state index contributed by atoms with van der Waals surface area (Å²) >= 11 is 0. The van der Waals surface area contributed by atoms with Gasteiger partial charge in [-0.15, -0.1) is 0 Å². The average Bonchev–Trinajstić information content (AvgIpc) is 2.18. The molecule has 0 amide bonds. The third kappa shape index (κ3) is 6.06. The molecule has 0 aliphatic rings. The van der Waals surface area contributed by atoms with Crippen molar-refractivity contribution in [1.29, 1.82) is 0 Å². The normalized spacial score (nSPS) is 8.81. The highest BCUT2D eigenvalue weighted by molar-refractivity contribution is 5.65. The Hall–Kier alpha value is -1.51. The molecule has 0 aliphatic heterocycles. The van der Waals surface area contributed by atoms with Gasteiger partial charge in [-0.25, -0.2) is 0 Å². The standard InChI is InChI=1S/C9H12O.C4H8O2/c1-7-4-5-9(10-3)8(2)6-7;1-3-6-4(2)5/h4-6H,1-3H3;3H2,1-2H3. The molecule has 0 spiro atoms. The van der Waals surface area contributed by atoms with Crippen molar-refractivity contribution in [1.82, 2.24) is 0 Å². The summed E-state index contributed by atoms with van der Waals surface area (Å²) in [4.78, 5) is 9.82. The van der Waals surface area contributed by atoms with Crippen molar-refractivity contribution in [2.45, 2.75) is 27.7 Å². The Kier molecular flexibility index (Phi) is 7.01. The van der Waals surface area contributed by atoms with Crippen LogP contribution in [0.5, 0.6) is 5.75 Å². The Balaban J connectivity index is 0.000000325. The van der Waals surface area contributed by atoms with Crippen molar-refractivity contribution in [3.8, 4) is 5.75 Å². The zero-order valence-electron chi connectivity index (χ0n) is 10.7. The van der Waals surface area contributed by atoms with E-state index in [2.05, 4.69) is 17.7 Å². The number of hydrogen-bond donors (Lipinski definition) is 0. The fourth-order valence-electron chi connectivity index (χ4n) is 1.23. The van der Waals surface area contributed by atoms with Crippen molar-refractivity contribution in [3.05, 3.63) is 29.3 Å². The molecule has 1 aromatic rings. The lowest BCUT2D eigenvalue weighted by atomic mass is 10.1. The Labute approximate surface area is 97.4 Å². The van der Waals surface area contributed by atoms with Crippen molar-refractivity contribution in [2.24, 2.45) is 0 Å². The highest BCUT2D eigenvalue weighted by Crippen LogP contribution is 2.17. The molecule has 0 N–H and O–H groups in total. The van der Waals surface area contributed by atoms with E-state index >= 15 is 0 Å². The minimum absolute atomic E-state index is 0.211. The van der Waals surface area contributed by atoms with Gasteiger partial charge in [-0.1, -0.05) is 17.7 Å². The molecule has 0 radical (unpaired) electrons. The Morgan fingerprint density at radius 3 is 2.25 bits per heavy atom. The smallest absolute Gasteiger partial charge is 0.302 e. The van der Waals surface area contributed by atoms with Gasteiger partial charge in [0.05, 0.1) is 13.7 Å². The second-order valence-corrected chi connectivity index (χ2v) is 3.40. The van der Waals surface area contributed by atoms with Gasteiger partial charge in [0.25, 0.3) is 0 Å². The summed E-state index contributed by atoms with van der Waals surface area (Å²) in [6.45, 7) is 7.78. The first-order valence-electron chi connectivity index (χ1n) is 5.25. The first-order chi connectivity index (χ1) is 7.51. The molecule has 0 heterocycles. The van der Waals surface area contributed by atoms with Crippen molar-refractivity contribution in [3.63, 3.8) is 0 Å². The van der Waals surface area contributed by atoms with Crippen LogP contribution in [0.4, 0.5) is 0 Å². The zero-order valence-corrected chi connectivity index (χ0v) is 10.7. The van der Waals surface area contributed by atoms with Crippen LogP contribution < -0.4 is 4.74 Å². The van der Waals surface area contributed by atoms with E-state index in [9.17, 15) is 4.79 Å². The number of aryl methyl sites for hydroxylation is 2. The summed E-state index contributed by atoms with van der Waals surface area (Å²) in [6.07, 6.45) is 0. The molecule has 1 rings (SSSR count). The molecule has 90 valence electrons. The van der Waals surface area contributed by atoms with Crippen LogP contribution in [0.2, 0.25) is 0 Å². The van der Waals surface area contributed by atoms with Gasteiger partial charge in [-0.05, 0) is 32.4 Å². The average molecular weight is 224 g/mol. The maximum absolute atomic E-state index is 9.82. The summed E-state index contributed by atoms with van der Waals surface area (Å²) in [6, 6.07) is 6.15. The van der Waals surface area contributed by atoms with E-state index in [0.717, 1.165) is 5.75 Å². The van der Waals surface area contributed by atoms with Crippen molar-refractivity contribution < 1.29 is 14.3 Å². The molecule has 0 bridgehead atoms. The lowest BCUT2D eigenvalue weighted by Crippen LogP contribution is -1.95. The van der Waals surface area contributed by atoms with Crippen LogP contribution >= 0.6 is 0 Å². The monoisotopic (exact) mass is 224 g/mol. The molecule has 0 saturated carbocycles. The molecule has 3 nitrogen and oxygen atoms in total. The van der Waals surface area contributed by atoms with Crippen molar-refractivity contribution >= 4 is 5.97 Å². The second-order valence-electron chi connectivity index (χ2n) is 3.40. The van der Waals surface area contributed by atoms with E-state index in [1.54, 1.807) is 14.0 Å². The number of benzene rings is 1. The third-order valence-electron chi connectivity index (χ3n) is 1.90. The number of methoxy groups -OCH3 is 1. The number of esters is 1. The van der Waals surface area contributed by atoms with E-state index in [1.165, 1.54) is 18.1 Å². The highest BCUT2D eigenvalue weighted by atomic mass is 16.5. The number of ether oxygens (including phenoxy) is 2. The Morgan fingerprint density at radius 2 is 1.94 bits per heavy atom. The minimum atomic E-state index is -0.211. The van der Waals surface area contributed by atoms with Crippen molar-refractivity contribution in [2.75, 3.05) is 13.7 Å². The lowest BCUT2D eigenvalue weighted by molar-refractivity contribution is -0.140. The minimum Gasteiger partial charge on any atom is -0.496 e. The van der Waals surface area contributed by atoms with Gasteiger partial charge in [0, 0.05) is 6.92 Å². The Morgan fingerprint density at radius 1 is 1.31 bits per heavy atom. The van der Waals surface area contributed by atoms with Gasteiger partial charge >= 0.3 is 5.97 Å². The summed E-state index contributed by atoms with van der Waals surface area (Å²) in [5, 5.41) is 0. The largest absolute Gasteiger partial charge is 0.496 e. The van der Waals surface area contributed by atoms with Gasteiger partial charge in [0.15, 0.2) is 0 Å². The second kappa shape index (κ2) is 7.74. The van der Waals surface area contributed by atoms with E-state index in [1.807, 2.05) is 19.1 Å². The zero-order chi connectivity index (χ0) is 12.6. The molecule has 16 heavy (non-hydrogen) atoms. The molecule has 3 heteroatoms. The molecule has 0 unspecified atom stereocenters. The van der Waals surface area contributed by atoms with Crippen LogP contribution in [0, 0.1) is 13.8 Å². The molecule has 0 aromatic heterocycles. The maximum Gasteiger partial charge on any atom is 0.302 e. The predicted molar refractivity (Wildman–Crippen MR) is 64.8 cm³/mol. The topological polar surface area (TPSA) is 35.5 Å². The maximum atomic E-state index is 9.82. The number of hydrogen-bond acceptors (Lipinski definition) is 3.